The maximum absolute atomic E-state index is 5.17. The molecule has 1 N–H and O–H groups in total. The van der Waals surface area contributed by atoms with E-state index < -0.39 is 0 Å². The summed E-state index contributed by atoms with van der Waals surface area (Å²) in [5.41, 5.74) is 1.07. The molecule has 0 bridgehead atoms. The summed E-state index contributed by atoms with van der Waals surface area (Å²) in [5, 5.41) is 3.17. The summed E-state index contributed by atoms with van der Waals surface area (Å²) >= 11 is 0. The second kappa shape index (κ2) is 4.50. The summed E-state index contributed by atoms with van der Waals surface area (Å²) in [7, 11) is 1.63. The van der Waals surface area contributed by atoms with Crippen molar-refractivity contribution in [2.24, 2.45) is 0 Å². The first-order valence-electron chi connectivity index (χ1n) is 4.64. The van der Waals surface area contributed by atoms with Gasteiger partial charge in [0, 0.05) is 18.3 Å². The first kappa shape index (κ1) is 9.58. The first-order valence-corrected chi connectivity index (χ1v) is 4.64. The predicted molar refractivity (Wildman–Crippen MR) is 56.8 cm³/mol. The Balaban J connectivity index is 2.04. The van der Waals surface area contributed by atoms with Crippen molar-refractivity contribution in [3.05, 3.63) is 42.5 Å². The van der Waals surface area contributed by atoms with Gasteiger partial charge in [-0.2, -0.15) is 0 Å². The molecule has 0 aliphatic carbocycles. The highest BCUT2D eigenvalue weighted by Gasteiger charge is 2.02. The van der Waals surface area contributed by atoms with E-state index in [0.717, 1.165) is 17.1 Å². The normalized spacial score (nSPS) is 9.93. The van der Waals surface area contributed by atoms with Gasteiger partial charge >= 0.3 is 0 Å². The van der Waals surface area contributed by atoms with Gasteiger partial charge in [0.15, 0.2) is 11.6 Å². The minimum Gasteiger partial charge on any atom is -0.493 e. The molecule has 0 atom stereocenters. The van der Waals surface area contributed by atoms with E-state index >= 15 is 0 Å². The standard InChI is InChI=1S/C11H12N2O2/c1-14-10-3-2-5-12-11(10)13-7-9-4-6-15-8-9/h2-6,8H,7H2,1H3,(H,12,13). The van der Waals surface area contributed by atoms with Crippen LogP contribution < -0.4 is 10.1 Å². The lowest BCUT2D eigenvalue weighted by Crippen LogP contribution is -2.02. The number of anilines is 1. The van der Waals surface area contributed by atoms with Crippen molar-refractivity contribution >= 4 is 5.82 Å². The molecule has 15 heavy (non-hydrogen) atoms. The summed E-state index contributed by atoms with van der Waals surface area (Å²) in [6.07, 6.45) is 5.06. The number of ether oxygens (including phenoxy) is 1. The van der Waals surface area contributed by atoms with Crippen LogP contribution in [0.15, 0.2) is 41.3 Å². The first-order chi connectivity index (χ1) is 7.40. The molecule has 0 radical (unpaired) electrons. The van der Waals surface area contributed by atoms with Crippen LogP contribution in [0.2, 0.25) is 0 Å². The molecule has 0 aromatic carbocycles. The second-order valence-corrected chi connectivity index (χ2v) is 3.04. The Morgan fingerprint density at radius 1 is 1.47 bits per heavy atom. The van der Waals surface area contributed by atoms with Crippen molar-refractivity contribution in [1.29, 1.82) is 0 Å². The number of methoxy groups -OCH3 is 1. The molecule has 4 heteroatoms. The Hall–Kier alpha value is -1.97. The molecule has 2 aromatic rings. The fraction of sp³-hybridized carbons (Fsp3) is 0.182. The lowest BCUT2D eigenvalue weighted by molar-refractivity contribution is 0.415. The number of nitrogens with zero attached hydrogens (tertiary/aromatic N) is 1. The number of nitrogens with one attached hydrogen (secondary N) is 1. The number of hydrogen-bond donors (Lipinski definition) is 1. The molecule has 0 aliphatic rings. The zero-order valence-electron chi connectivity index (χ0n) is 8.43. The number of aromatic nitrogens is 1. The molecule has 0 unspecified atom stereocenters. The van der Waals surface area contributed by atoms with Crippen molar-refractivity contribution in [2.75, 3.05) is 12.4 Å². The fourth-order valence-corrected chi connectivity index (χ4v) is 1.27. The zero-order valence-corrected chi connectivity index (χ0v) is 8.43. The maximum Gasteiger partial charge on any atom is 0.169 e. The number of furan rings is 1. The van der Waals surface area contributed by atoms with Crippen LogP contribution >= 0.6 is 0 Å². The van der Waals surface area contributed by atoms with Crippen molar-refractivity contribution < 1.29 is 9.15 Å². The zero-order chi connectivity index (χ0) is 10.5. The summed E-state index contributed by atoms with van der Waals surface area (Å²) in [5.74, 6) is 1.47. The van der Waals surface area contributed by atoms with Crippen LogP contribution in [0.4, 0.5) is 5.82 Å². The van der Waals surface area contributed by atoms with Crippen LogP contribution in [0, 0.1) is 0 Å². The van der Waals surface area contributed by atoms with Gasteiger partial charge in [-0.05, 0) is 18.2 Å². The van der Waals surface area contributed by atoms with Crippen LogP contribution in [0.3, 0.4) is 0 Å². The van der Waals surface area contributed by atoms with E-state index in [4.69, 9.17) is 9.15 Å². The Morgan fingerprint density at radius 3 is 3.13 bits per heavy atom. The average Bonchev–Trinajstić information content (AvgIpc) is 2.79. The molecule has 4 nitrogen and oxygen atoms in total. The van der Waals surface area contributed by atoms with Crippen LogP contribution in [0.1, 0.15) is 5.56 Å². The van der Waals surface area contributed by atoms with E-state index in [2.05, 4.69) is 10.3 Å². The molecule has 78 valence electrons. The van der Waals surface area contributed by atoms with E-state index in [0.29, 0.717) is 6.54 Å². The molecule has 0 fully saturated rings. The third-order valence-corrected chi connectivity index (χ3v) is 2.03. The fourth-order valence-electron chi connectivity index (χ4n) is 1.27. The van der Waals surface area contributed by atoms with Gasteiger partial charge < -0.3 is 14.5 Å². The molecular formula is C11H12N2O2. The topological polar surface area (TPSA) is 47.3 Å². The van der Waals surface area contributed by atoms with Crippen LogP contribution in [-0.4, -0.2) is 12.1 Å². The van der Waals surface area contributed by atoms with Gasteiger partial charge in [-0.3, -0.25) is 0 Å². The number of rotatable bonds is 4. The Labute approximate surface area is 87.9 Å². The van der Waals surface area contributed by atoms with E-state index in [1.807, 2.05) is 18.2 Å². The molecule has 0 saturated carbocycles. The summed E-state index contributed by atoms with van der Waals surface area (Å²) in [6.45, 7) is 0.671. The summed E-state index contributed by atoms with van der Waals surface area (Å²) in [4.78, 5) is 4.18. The van der Waals surface area contributed by atoms with Crippen molar-refractivity contribution in [1.82, 2.24) is 4.98 Å². The number of pyridine rings is 1. The van der Waals surface area contributed by atoms with Crippen molar-refractivity contribution in [3.8, 4) is 5.75 Å². The minimum atomic E-state index is 0.671. The van der Waals surface area contributed by atoms with Crippen LogP contribution in [0.25, 0.3) is 0 Å². The van der Waals surface area contributed by atoms with Gasteiger partial charge in [0.25, 0.3) is 0 Å². The Kier molecular flexibility index (Phi) is 2.88. The van der Waals surface area contributed by atoms with Gasteiger partial charge in [-0.25, -0.2) is 4.98 Å². The average molecular weight is 204 g/mol. The van der Waals surface area contributed by atoms with Gasteiger partial charge in [0.2, 0.25) is 0 Å². The van der Waals surface area contributed by atoms with E-state index in [9.17, 15) is 0 Å². The number of hydrogen-bond acceptors (Lipinski definition) is 4. The molecule has 2 aromatic heterocycles. The van der Waals surface area contributed by atoms with Crippen LogP contribution in [0.5, 0.6) is 5.75 Å². The highest BCUT2D eigenvalue weighted by Crippen LogP contribution is 2.20. The van der Waals surface area contributed by atoms with E-state index in [1.54, 1.807) is 25.8 Å². The SMILES string of the molecule is COc1cccnc1NCc1ccoc1. The molecule has 0 saturated heterocycles. The Bertz CT molecular complexity index is 412. The largest absolute Gasteiger partial charge is 0.493 e. The van der Waals surface area contributed by atoms with Crippen molar-refractivity contribution in [2.45, 2.75) is 6.54 Å². The molecule has 0 amide bonds. The second-order valence-electron chi connectivity index (χ2n) is 3.04. The lowest BCUT2D eigenvalue weighted by atomic mass is 10.3. The highest BCUT2D eigenvalue weighted by molar-refractivity contribution is 5.49. The van der Waals surface area contributed by atoms with Gasteiger partial charge in [-0.1, -0.05) is 0 Å². The van der Waals surface area contributed by atoms with Gasteiger partial charge in [0.05, 0.1) is 19.6 Å². The van der Waals surface area contributed by atoms with E-state index in [-0.39, 0.29) is 0 Å². The molecule has 2 heterocycles. The molecular weight excluding hydrogens is 192 g/mol. The van der Waals surface area contributed by atoms with Gasteiger partial charge in [-0.15, -0.1) is 0 Å². The third-order valence-electron chi connectivity index (χ3n) is 2.03. The monoisotopic (exact) mass is 204 g/mol. The summed E-state index contributed by atoms with van der Waals surface area (Å²) < 4.78 is 10.1. The van der Waals surface area contributed by atoms with Crippen LogP contribution in [-0.2, 0) is 6.54 Å². The highest BCUT2D eigenvalue weighted by atomic mass is 16.5. The molecule has 0 spiro atoms. The Morgan fingerprint density at radius 2 is 2.40 bits per heavy atom. The molecule has 2 rings (SSSR count). The maximum atomic E-state index is 5.17. The quantitative estimate of drug-likeness (QED) is 0.830. The molecule has 0 aliphatic heterocycles. The van der Waals surface area contributed by atoms with Gasteiger partial charge in [0.1, 0.15) is 0 Å². The van der Waals surface area contributed by atoms with E-state index in [1.165, 1.54) is 0 Å². The lowest BCUT2D eigenvalue weighted by Gasteiger charge is -2.08. The van der Waals surface area contributed by atoms with Crippen molar-refractivity contribution in [3.63, 3.8) is 0 Å². The predicted octanol–water partition coefficient (Wildman–Crippen LogP) is 2.30. The summed E-state index contributed by atoms with van der Waals surface area (Å²) in [6, 6.07) is 5.61. The smallest absolute Gasteiger partial charge is 0.169 e. The minimum absolute atomic E-state index is 0.671. The third kappa shape index (κ3) is 2.28.